The first kappa shape index (κ1) is 32.2. The quantitative estimate of drug-likeness (QED) is 0.171. The average molecular weight is 734 g/mol. The zero-order chi connectivity index (χ0) is 37.0. The van der Waals surface area contributed by atoms with Gasteiger partial charge in [0.05, 0.1) is 0 Å². The predicted molar refractivity (Wildman–Crippen MR) is 233 cm³/mol. The second-order valence-corrected chi connectivity index (χ2v) is 15.1. The third-order valence-corrected chi connectivity index (χ3v) is 11.7. The maximum absolute atomic E-state index is 6.54. The van der Waals surface area contributed by atoms with Gasteiger partial charge in [0.1, 0.15) is 11.2 Å². The first-order valence-corrected chi connectivity index (χ1v) is 19.5. The number of hydrogen-bond donors (Lipinski definition) is 0. The van der Waals surface area contributed by atoms with Crippen molar-refractivity contribution in [2.45, 2.75) is 0 Å². The van der Waals surface area contributed by atoms with Gasteiger partial charge in [0, 0.05) is 47.6 Å². The molecule has 0 aliphatic rings. The minimum absolute atomic E-state index is 0.653. The van der Waals surface area contributed by atoms with E-state index in [4.69, 9.17) is 19.4 Å². The van der Waals surface area contributed by atoms with Gasteiger partial charge >= 0.3 is 0 Å². The van der Waals surface area contributed by atoms with Gasteiger partial charge in [-0.05, 0) is 63.7 Å². The fourth-order valence-electron chi connectivity index (χ4n) is 7.84. The van der Waals surface area contributed by atoms with Crippen molar-refractivity contribution in [3.63, 3.8) is 0 Å². The van der Waals surface area contributed by atoms with E-state index in [2.05, 4.69) is 121 Å². The topological polar surface area (TPSA) is 51.8 Å². The van der Waals surface area contributed by atoms with Crippen LogP contribution in [0.1, 0.15) is 0 Å². The lowest BCUT2D eigenvalue weighted by atomic mass is 9.93. The smallest absolute Gasteiger partial charge is 0.164 e. The fourth-order valence-corrected chi connectivity index (χ4v) is 9.01. The van der Waals surface area contributed by atoms with Crippen molar-refractivity contribution < 1.29 is 4.42 Å². The lowest BCUT2D eigenvalue weighted by molar-refractivity contribution is 0.669. The van der Waals surface area contributed by atoms with Crippen molar-refractivity contribution in [2.75, 3.05) is 0 Å². The van der Waals surface area contributed by atoms with Gasteiger partial charge in [-0.3, -0.25) is 0 Å². The molecule has 0 unspecified atom stereocenters. The standard InChI is InChI=1S/C51H31N3OS/c1-4-13-32(14-5-1)33-23-25-34(26-24-33)42-29-38(30-44-47(42)39-19-10-11-21-43(39)55-44)37-27-28-40-46(31-37)56-45-22-12-20-41(48(40)45)51-53-49(35-15-6-2-7-16-35)52-50(54-51)36-17-8-3-9-18-36/h1-31H. The summed E-state index contributed by atoms with van der Waals surface area (Å²) in [6.45, 7) is 0. The highest BCUT2D eigenvalue weighted by Gasteiger charge is 2.19. The van der Waals surface area contributed by atoms with Crippen molar-refractivity contribution in [3.8, 4) is 67.5 Å². The van der Waals surface area contributed by atoms with Crippen LogP contribution in [0.4, 0.5) is 0 Å². The minimum Gasteiger partial charge on any atom is -0.456 e. The van der Waals surface area contributed by atoms with E-state index in [9.17, 15) is 0 Å². The molecular weight excluding hydrogens is 703 g/mol. The molecule has 8 aromatic carbocycles. The van der Waals surface area contributed by atoms with Crippen LogP contribution in [0.3, 0.4) is 0 Å². The minimum atomic E-state index is 0.653. The van der Waals surface area contributed by atoms with Crippen LogP contribution in [-0.2, 0) is 0 Å². The Kier molecular flexibility index (Phi) is 7.64. The molecule has 4 nitrogen and oxygen atoms in total. The highest BCUT2D eigenvalue weighted by atomic mass is 32.1. The molecule has 56 heavy (non-hydrogen) atoms. The lowest BCUT2D eigenvalue weighted by Crippen LogP contribution is -2.00. The van der Waals surface area contributed by atoms with Crippen LogP contribution >= 0.6 is 11.3 Å². The molecule has 11 rings (SSSR count). The Labute approximate surface area is 327 Å². The summed E-state index contributed by atoms with van der Waals surface area (Å²) in [4.78, 5) is 15.1. The van der Waals surface area contributed by atoms with Gasteiger partial charge in [-0.2, -0.15) is 0 Å². The van der Waals surface area contributed by atoms with Gasteiger partial charge in [0.25, 0.3) is 0 Å². The van der Waals surface area contributed by atoms with Crippen molar-refractivity contribution in [1.29, 1.82) is 0 Å². The number of aromatic nitrogens is 3. The molecule has 0 fully saturated rings. The molecule has 5 heteroatoms. The largest absolute Gasteiger partial charge is 0.456 e. The second kappa shape index (κ2) is 13.3. The van der Waals surface area contributed by atoms with Crippen molar-refractivity contribution in [3.05, 3.63) is 188 Å². The molecule has 3 heterocycles. The first-order valence-electron chi connectivity index (χ1n) is 18.7. The number of rotatable bonds is 6. The van der Waals surface area contributed by atoms with E-state index in [1.165, 1.54) is 25.9 Å². The van der Waals surface area contributed by atoms with Crippen molar-refractivity contribution >= 4 is 53.4 Å². The Morgan fingerprint density at radius 1 is 0.321 bits per heavy atom. The maximum Gasteiger partial charge on any atom is 0.164 e. The molecule has 0 N–H and O–H groups in total. The third kappa shape index (κ3) is 5.56. The highest BCUT2D eigenvalue weighted by Crippen LogP contribution is 2.44. The van der Waals surface area contributed by atoms with Crippen LogP contribution in [0.5, 0.6) is 0 Å². The maximum atomic E-state index is 6.54. The number of para-hydroxylation sites is 1. The second-order valence-electron chi connectivity index (χ2n) is 14.0. The molecule has 262 valence electrons. The molecule has 0 radical (unpaired) electrons. The number of hydrogen-bond acceptors (Lipinski definition) is 5. The summed E-state index contributed by atoms with van der Waals surface area (Å²) in [5, 5.41) is 4.57. The zero-order valence-electron chi connectivity index (χ0n) is 30.1. The summed E-state index contributed by atoms with van der Waals surface area (Å²) in [6, 6.07) is 65.7. The van der Waals surface area contributed by atoms with Gasteiger partial charge in [-0.15, -0.1) is 11.3 Å². The van der Waals surface area contributed by atoms with Gasteiger partial charge in [-0.25, -0.2) is 15.0 Å². The molecule has 0 aliphatic heterocycles. The van der Waals surface area contributed by atoms with Gasteiger partial charge < -0.3 is 4.42 Å². The van der Waals surface area contributed by atoms with Gasteiger partial charge in [0.2, 0.25) is 0 Å². The summed E-state index contributed by atoms with van der Waals surface area (Å²) in [5.74, 6) is 1.96. The number of fused-ring (bicyclic) bond motifs is 6. The Morgan fingerprint density at radius 2 is 0.911 bits per heavy atom. The van der Waals surface area contributed by atoms with E-state index in [0.717, 1.165) is 66.3 Å². The summed E-state index contributed by atoms with van der Waals surface area (Å²) in [6.07, 6.45) is 0. The van der Waals surface area contributed by atoms with E-state index in [1.54, 1.807) is 11.3 Å². The van der Waals surface area contributed by atoms with Gasteiger partial charge in [-0.1, -0.05) is 158 Å². The Balaban J connectivity index is 1.06. The van der Waals surface area contributed by atoms with Crippen LogP contribution < -0.4 is 0 Å². The summed E-state index contributed by atoms with van der Waals surface area (Å²) < 4.78 is 8.92. The molecule has 0 aliphatic carbocycles. The van der Waals surface area contributed by atoms with E-state index in [0.29, 0.717) is 17.5 Å². The van der Waals surface area contributed by atoms with E-state index < -0.39 is 0 Å². The molecule has 0 bridgehead atoms. The number of nitrogens with zero attached hydrogens (tertiary/aromatic N) is 3. The Morgan fingerprint density at radius 3 is 1.62 bits per heavy atom. The van der Waals surface area contributed by atoms with Crippen molar-refractivity contribution in [2.24, 2.45) is 0 Å². The molecule has 0 spiro atoms. The normalized spacial score (nSPS) is 11.6. The van der Waals surface area contributed by atoms with Crippen LogP contribution in [0.25, 0.3) is 110 Å². The van der Waals surface area contributed by atoms with E-state index >= 15 is 0 Å². The predicted octanol–water partition coefficient (Wildman–Crippen LogP) is 14.1. The molecule has 0 saturated heterocycles. The average Bonchev–Trinajstić information content (AvgIpc) is 3.85. The molecular formula is C51H31N3OS. The van der Waals surface area contributed by atoms with Crippen LogP contribution in [-0.4, -0.2) is 15.0 Å². The Hall–Kier alpha value is -7.21. The first-order chi connectivity index (χ1) is 27.7. The zero-order valence-corrected chi connectivity index (χ0v) is 30.9. The summed E-state index contributed by atoms with van der Waals surface area (Å²) >= 11 is 1.79. The monoisotopic (exact) mass is 733 g/mol. The van der Waals surface area contributed by atoms with E-state index in [-0.39, 0.29) is 0 Å². The SMILES string of the molecule is c1ccc(-c2ccc(-c3cc(-c4ccc5c(c4)sc4cccc(-c6nc(-c7ccccc7)nc(-c7ccccc7)n6)c45)cc4oc5ccccc5c34)cc2)cc1. The van der Waals surface area contributed by atoms with Gasteiger partial charge in [0.15, 0.2) is 17.5 Å². The number of furan rings is 1. The van der Waals surface area contributed by atoms with Crippen LogP contribution in [0.2, 0.25) is 0 Å². The number of thiophene rings is 1. The van der Waals surface area contributed by atoms with Crippen molar-refractivity contribution in [1.82, 2.24) is 15.0 Å². The van der Waals surface area contributed by atoms with Crippen LogP contribution in [0.15, 0.2) is 192 Å². The Bertz CT molecular complexity index is 3170. The lowest BCUT2D eigenvalue weighted by Gasteiger charge is -2.11. The summed E-state index contributed by atoms with van der Waals surface area (Å²) in [7, 11) is 0. The molecule has 11 aromatic rings. The fraction of sp³-hybridized carbons (Fsp3) is 0. The highest BCUT2D eigenvalue weighted by molar-refractivity contribution is 7.26. The summed E-state index contributed by atoms with van der Waals surface area (Å²) in [5.41, 5.74) is 11.6. The third-order valence-electron chi connectivity index (χ3n) is 10.6. The van der Waals surface area contributed by atoms with Crippen LogP contribution in [0, 0.1) is 0 Å². The molecule has 0 saturated carbocycles. The molecule has 3 aromatic heterocycles. The molecule has 0 atom stereocenters. The van der Waals surface area contributed by atoms with E-state index in [1.807, 2.05) is 66.7 Å². The molecule has 0 amide bonds. The number of benzene rings is 8.